The normalized spacial score (nSPS) is 12.3. The summed E-state index contributed by atoms with van der Waals surface area (Å²) < 4.78 is 5.59. The van der Waals surface area contributed by atoms with Crippen LogP contribution in [0, 0.1) is 0 Å². The molecule has 2 aromatic rings. The molecule has 23 heavy (non-hydrogen) atoms. The fraction of sp³-hybridized carbons (Fsp3) is 0.421. The van der Waals surface area contributed by atoms with Crippen LogP contribution < -0.4 is 4.74 Å². The van der Waals surface area contributed by atoms with Gasteiger partial charge in [-0.05, 0) is 50.6 Å². The van der Waals surface area contributed by atoms with Gasteiger partial charge >= 0.3 is 0 Å². The minimum atomic E-state index is -0.499. The van der Waals surface area contributed by atoms with Gasteiger partial charge in [0, 0.05) is 31.0 Å². The van der Waals surface area contributed by atoms with E-state index >= 15 is 0 Å². The number of aromatic nitrogens is 1. The Morgan fingerprint density at radius 2 is 1.87 bits per heavy atom. The standard InChI is InChI=1S/C19H26N2O2/c1-3-23-19-7-5-4-6-17(19)18(22)11-15-21(2)14-10-16-8-12-20-13-9-16/h4-9,12-13,18,22H,3,10-11,14-15H2,1-2H3. The lowest BCUT2D eigenvalue weighted by molar-refractivity contribution is 0.145. The molecule has 124 valence electrons. The second kappa shape index (κ2) is 9.28. The Morgan fingerprint density at radius 3 is 2.61 bits per heavy atom. The van der Waals surface area contributed by atoms with Gasteiger partial charge in [-0.2, -0.15) is 0 Å². The van der Waals surface area contributed by atoms with Crippen molar-refractivity contribution < 1.29 is 9.84 Å². The maximum absolute atomic E-state index is 10.4. The van der Waals surface area contributed by atoms with Gasteiger partial charge in [0.15, 0.2) is 0 Å². The third kappa shape index (κ3) is 5.66. The number of nitrogens with zero attached hydrogens (tertiary/aromatic N) is 2. The van der Waals surface area contributed by atoms with E-state index in [2.05, 4.69) is 16.9 Å². The molecule has 1 aromatic heterocycles. The van der Waals surface area contributed by atoms with Crippen LogP contribution in [0.1, 0.15) is 30.6 Å². The van der Waals surface area contributed by atoms with Crippen molar-refractivity contribution in [1.29, 1.82) is 0 Å². The first kappa shape index (κ1) is 17.4. The SMILES string of the molecule is CCOc1ccccc1C(O)CCN(C)CCc1ccncc1. The van der Waals surface area contributed by atoms with E-state index in [1.807, 2.05) is 55.7 Å². The Kier molecular flexibility index (Phi) is 7.04. The van der Waals surface area contributed by atoms with Gasteiger partial charge in [-0.25, -0.2) is 0 Å². The van der Waals surface area contributed by atoms with Crippen molar-refractivity contribution in [3.63, 3.8) is 0 Å². The third-order valence-corrected chi connectivity index (χ3v) is 3.89. The molecule has 1 aromatic carbocycles. The summed E-state index contributed by atoms with van der Waals surface area (Å²) >= 11 is 0. The Bertz CT molecular complexity index is 575. The lowest BCUT2D eigenvalue weighted by atomic mass is 10.1. The summed E-state index contributed by atoms with van der Waals surface area (Å²) in [6.07, 6.45) is 4.83. The van der Waals surface area contributed by atoms with E-state index in [1.54, 1.807) is 0 Å². The van der Waals surface area contributed by atoms with Crippen LogP contribution >= 0.6 is 0 Å². The van der Waals surface area contributed by atoms with E-state index < -0.39 is 6.10 Å². The van der Waals surface area contributed by atoms with Gasteiger partial charge in [0.05, 0.1) is 12.7 Å². The first-order valence-corrected chi connectivity index (χ1v) is 8.18. The molecular weight excluding hydrogens is 288 g/mol. The fourth-order valence-electron chi connectivity index (χ4n) is 2.52. The lowest BCUT2D eigenvalue weighted by Crippen LogP contribution is -2.24. The molecule has 1 atom stereocenters. The zero-order valence-electron chi connectivity index (χ0n) is 14.0. The number of hydrogen-bond acceptors (Lipinski definition) is 4. The largest absolute Gasteiger partial charge is 0.493 e. The average molecular weight is 314 g/mol. The monoisotopic (exact) mass is 314 g/mol. The van der Waals surface area contributed by atoms with Crippen LogP contribution in [0.15, 0.2) is 48.8 Å². The molecule has 0 aliphatic rings. The molecule has 0 saturated heterocycles. The zero-order valence-corrected chi connectivity index (χ0v) is 14.0. The fourth-order valence-corrected chi connectivity index (χ4v) is 2.52. The number of benzene rings is 1. The topological polar surface area (TPSA) is 45.6 Å². The molecule has 0 aliphatic carbocycles. The van der Waals surface area contributed by atoms with Gasteiger partial charge in [-0.15, -0.1) is 0 Å². The molecular formula is C19H26N2O2. The van der Waals surface area contributed by atoms with Crippen molar-refractivity contribution in [2.24, 2.45) is 0 Å². The van der Waals surface area contributed by atoms with Crippen LogP contribution in [-0.2, 0) is 6.42 Å². The summed E-state index contributed by atoms with van der Waals surface area (Å²) in [6, 6.07) is 11.8. The zero-order chi connectivity index (χ0) is 16.5. The van der Waals surface area contributed by atoms with Crippen molar-refractivity contribution >= 4 is 0 Å². The van der Waals surface area contributed by atoms with Crippen molar-refractivity contribution in [3.05, 3.63) is 59.9 Å². The number of pyridine rings is 1. The molecule has 1 unspecified atom stereocenters. The highest BCUT2D eigenvalue weighted by Gasteiger charge is 2.13. The minimum absolute atomic E-state index is 0.499. The summed E-state index contributed by atoms with van der Waals surface area (Å²) in [6.45, 7) is 4.36. The molecule has 0 aliphatic heterocycles. The molecule has 0 amide bonds. The molecule has 0 saturated carbocycles. The van der Waals surface area contributed by atoms with Crippen molar-refractivity contribution in [2.45, 2.75) is 25.9 Å². The van der Waals surface area contributed by atoms with Crippen molar-refractivity contribution in [2.75, 3.05) is 26.7 Å². The number of ether oxygens (including phenoxy) is 1. The number of rotatable bonds is 9. The van der Waals surface area contributed by atoms with Gasteiger partial charge in [0.2, 0.25) is 0 Å². The first-order valence-electron chi connectivity index (χ1n) is 8.18. The molecule has 1 heterocycles. The van der Waals surface area contributed by atoms with E-state index in [0.29, 0.717) is 13.0 Å². The summed E-state index contributed by atoms with van der Waals surface area (Å²) in [5, 5.41) is 10.4. The number of aliphatic hydroxyl groups is 1. The summed E-state index contributed by atoms with van der Waals surface area (Å²) in [5.74, 6) is 0.780. The van der Waals surface area contributed by atoms with E-state index in [9.17, 15) is 5.11 Å². The highest BCUT2D eigenvalue weighted by molar-refractivity contribution is 5.35. The van der Waals surface area contributed by atoms with Crippen molar-refractivity contribution in [3.8, 4) is 5.75 Å². The van der Waals surface area contributed by atoms with Crippen molar-refractivity contribution in [1.82, 2.24) is 9.88 Å². The molecule has 4 heteroatoms. The molecule has 2 rings (SSSR count). The predicted molar refractivity (Wildman–Crippen MR) is 92.6 cm³/mol. The van der Waals surface area contributed by atoms with Crippen LogP contribution in [0.25, 0.3) is 0 Å². The quantitative estimate of drug-likeness (QED) is 0.772. The maximum atomic E-state index is 10.4. The Labute approximate surface area is 138 Å². The van der Waals surface area contributed by atoms with Gasteiger partial charge in [-0.1, -0.05) is 18.2 Å². The third-order valence-electron chi connectivity index (χ3n) is 3.89. The summed E-state index contributed by atoms with van der Waals surface area (Å²) in [7, 11) is 2.09. The molecule has 4 nitrogen and oxygen atoms in total. The van der Waals surface area contributed by atoms with Crippen LogP contribution in [0.2, 0.25) is 0 Å². The summed E-state index contributed by atoms with van der Waals surface area (Å²) in [5.41, 5.74) is 2.16. The average Bonchev–Trinajstić information content (AvgIpc) is 2.59. The van der Waals surface area contributed by atoms with Crippen LogP contribution in [-0.4, -0.2) is 41.7 Å². The highest BCUT2D eigenvalue weighted by Crippen LogP contribution is 2.27. The number of likely N-dealkylation sites (N-methyl/N-ethyl adjacent to an activating group) is 1. The summed E-state index contributed by atoms with van der Waals surface area (Å²) in [4.78, 5) is 6.27. The number of para-hydroxylation sites is 1. The number of aliphatic hydroxyl groups excluding tert-OH is 1. The molecule has 0 bridgehead atoms. The van der Waals surface area contributed by atoms with E-state index in [0.717, 1.165) is 30.8 Å². The predicted octanol–water partition coefficient (Wildman–Crippen LogP) is 3.08. The van der Waals surface area contributed by atoms with E-state index in [-0.39, 0.29) is 0 Å². The van der Waals surface area contributed by atoms with E-state index in [4.69, 9.17) is 4.74 Å². The van der Waals surface area contributed by atoms with Gasteiger partial charge < -0.3 is 14.7 Å². The molecule has 0 fully saturated rings. The first-order chi connectivity index (χ1) is 11.2. The van der Waals surface area contributed by atoms with E-state index in [1.165, 1.54) is 5.56 Å². The smallest absolute Gasteiger partial charge is 0.125 e. The van der Waals surface area contributed by atoms with Crippen LogP contribution in [0.5, 0.6) is 5.75 Å². The second-order valence-electron chi connectivity index (χ2n) is 5.68. The Morgan fingerprint density at radius 1 is 1.13 bits per heavy atom. The van der Waals surface area contributed by atoms with Gasteiger partial charge in [0.25, 0.3) is 0 Å². The highest BCUT2D eigenvalue weighted by atomic mass is 16.5. The molecule has 0 spiro atoms. The molecule has 0 radical (unpaired) electrons. The minimum Gasteiger partial charge on any atom is -0.493 e. The second-order valence-corrected chi connectivity index (χ2v) is 5.68. The van der Waals surface area contributed by atoms with Crippen LogP contribution in [0.3, 0.4) is 0 Å². The lowest BCUT2D eigenvalue weighted by Gasteiger charge is -2.20. The van der Waals surface area contributed by atoms with Crippen LogP contribution in [0.4, 0.5) is 0 Å². The maximum Gasteiger partial charge on any atom is 0.125 e. The Balaban J connectivity index is 1.80. The van der Waals surface area contributed by atoms with Gasteiger partial charge in [0.1, 0.15) is 5.75 Å². The Hall–Kier alpha value is -1.91. The number of hydrogen-bond donors (Lipinski definition) is 1. The van der Waals surface area contributed by atoms with Gasteiger partial charge in [-0.3, -0.25) is 4.98 Å². The molecule has 1 N–H and O–H groups in total.